The van der Waals surface area contributed by atoms with Gasteiger partial charge in [-0.2, -0.15) is 8.78 Å². The third-order valence-corrected chi connectivity index (χ3v) is 7.13. The number of fused-ring (bicyclic) bond motifs is 1. The Balaban J connectivity index is 0.00000134. The number of anilines is 1. The Bertz CT molecular complexity index is 1390. The Morgan fingerprint density at radius 2 is 1.88 bits per heavy atom. The fraction of sp³-hybridized carbons (Fsp3) is 0.407. The van der Waals surface area contributed by atoms with Gasteiger partial charge in [-0.15, -0.1) is 0 Å². The van der Waals surface area contributed by atoms with Gasteiger partial charge >= 0.3 is 6.61 Å². The van der Waals surface area contributed by atoms with Gasteiger partial charge in [0.2, 0.25) is 5.95 Å². The number of nitrogens with zero attached hydrogens (tertiary/aromatic N) is 4. The highest BCUT2D eigenvalue weighted by Crippen LogP contribution is 2.36. The molecule has 13 heteroatoms. The van der Waals surface area contributed by atoms with Crippen molar-refractivity contribution in [3.63, 3.8) is 0 Å². The molecule has 8 nitrogen and oxygen atoms in total. The zero-order chi connectivity index (χ0) is 29.8. The maximum absolute atomic E-state index is 13.4. The number of ether oxygens (including phenoxy) is 1. The molecule has 4 aromatic rings. The topological polar surface area (TPSA) is 106 Å². The van der Waals surface area contributed by atoms with E-state index in [-0.39, 0.29) is 17.6 Å². The second kappa shape index (κ2) is 16.1. The maximum atomic E-state index is 13.4. The summed E-state index contributed by atoms with van der Waals surface area (Å²) in [6, 6.07) is 3.46. The molecule has 40 heavy (non-hydrogen) atoms. The average molecular weight is 599 g/mol. The molecule has 2 atom stereocenters. The molecule has 2 unspecified atom stereocenters. The van der Waals surface area contributed by atoms with Crippen LogP contribution in [0.5, 0.6) is 5.75 Å². The number of halogens is 4. The third kappa shape index (κ3) is 7.69. The fourth-order valence-electron chi connectivity index (χ4n) is 3.83. The summed E-state index contributed by atoms with van der Waals surface area (Å²) in [5, 5.41) is 1.13. The number of alkyl halides is 3. The van der Waals surface area contributed by atoms with Gasteiger partial charge in [0, 0.05) is 35.5 Å². The van der Waals surface area contributed by atoms with Crippen molar-refractivity contribution < 1.29 is 22.1 Å². The number of hydrogen-bond donors (Lipinski definition) is 2. The van der Waals surface area contributed by atoms with Gasteiger partial charge in [-0.05, 0) is 18.9 Å². The van der Waals surface area contributed by atoms with Crippen molar-refractivity contribution in [1.29, 1.82) is 0 Å². The van der Waals surface area contributed by atoms with Gasteiger partial charge in [0.1, 0.15) is 0 Å². The summed E-state index contributed by atoms with van der Waals surface area (Å²) >= 11 is 6.45. The molecule has 0 fully saturated rings. The van der Waals surface area contributed by atoms with Crippen LogP contribution in [0.2, 0.25) is 5.02 Å². The number of aromatic amines is 1. The summed E-state index contributed by atoms with van der Waals surface area (Å²) in [6.07, 6.45) is 8.05. The molecule has 0 radical (unpaired) electrons. The number of hydrogen-bond acceptors (Lipinski definition) is 6. The Kier molecular flexibility index (Phi) is 13.3. The van der Waals surface area contributed by atoms with E-state index in [0.717, 1.165) is 0 Å². The zero-order valence-corrected chi connectivity index (χ0v) is 24.8. The fourth-order valence-corrected chi connectivity index (χ4v) is 4.99. The molecule has 0 aliphatic rings. The molecule has 0 saturated heterocycles. The van der Waals surface area contributed by atoms with Crippen LogP contribution in [-0.2, 0) is 17.4 Å². The minimum Gasteiger partial charge on any atom is -0.431 e. The molecule has 1 aromatic carbocycles. The summed E-state index contributed by atoms with van der Waals surface area (Å²) in [7, 11) is -1.28. The van der Waals surface area contributed by atoms with E-state index in [1.165, 1.54) is 0 Å². The van der Waals surface area contributed by atoms with E-state index < -0.39 is 17.6 Å². The third-order valence-electron chi connectivity index (χ3n) is 5.71. The molecule has 2 N–H and O–H groups in total. The number of aromatic nitrogens is 5. The molecule has 0 aliphatic heterocycles. The van der Waals surface area contributed by atoms with Crippen LogP contribution in [-0.4, -0.2) is 42.9 Å². The van der Waals surface area contributed by atoms with Crippen LogP contribution < -0.4 is 9.46 Å². The van der Waals surface area contributed by atoms with Crippen LogP contribution in [0.25, 0.3) is 22.2 Å². The SMILES string of the molecule is CC.CCCc1nc(NS(=O)c2c[nH]c3c(-c4cnccn4)c(Cl)ccc23)nc(C(C)CC)c1OC(F)F.CF. The van der Waals surface area contributed by atoms with Crippen LogP contribution in [0, 0.1) is 0 Å². The standard InChI is InChI=1S/C24H25ClF2N6O2S.C2H6.CH3F/c1-4-6-16-22(35-23(26)27)20(13(3)5-2)32-24(31-16)33-36(34)18-12-30-21-14(18)7-8-15(25)19(21)17-11-28-9-10-29-17;2*1-2/h7-13,23,30H,4-6H2,1-3H3,(H,31,32,33);1-2H3;1H3. The van der Waals surface area contributed by atoms with Crippen molar-refractivity contribution in [3.8, 4) is 17.0 Å². The second-order valence-electron chi connectivity index (χ2n) is 8.11. The van der Waals surface area contributed by atoms with E-state index in [2.05, 4.69) is 29.6 Å². The normalized spacial score (nSPS) is 12.2. The molecule has 3 heterocycles. The van der Waals surface area contributed by atoms with E-state index in [9.17, 15) is 17.4 Å². The monoisotopic (exact) mass is 598 g/mol. The zero-order valence-electron chi connectivity index (χ0n) is 23.3. The first-order chi connectivity index (χ1) is 19.3. The average Bonchev–Trinajstić information content (AvgIpc) is 3.40. The second-order valence-corrected chi connectivity index (χ2v) is 9.69. The lowest BCUT2D eigenvalue weighted by Crippen LogP contribution is -2.15. The highest BCUT2D eigenvalue weighted by Gasteiger charge is 2.24. The van der Waals surface area contributed by atoms with Crippen LogP contribution in [0.1, 0.15) is 64.8 Å². The van der Waals surface area contributed by atoms with Crippen LogP contribution in [0.4, 0.5) is 19.1 Å². The summed E-state index contributed by atoms with van der Waals surface area (Å²) < 4.78 is 56.9. The molecular formula is C27H34ClF3N6O2S. The number of nitrogens with one attached hydrogen (secondary N) is 2. The Morgan fingerprint density at radius 3 is 2.48 bits per heavy atom. The van der Waals surface area contributed by atoms with Crippen molar-refractivity contribution in [1.82, 2.24) is 24.9 Å². The van der Waals surface area contributed by atoms with E-state index in [1.54, 1.807) is 36.9 Å². The minimum absolute atomic E-state index is 0.00659. The lowest BCUT2D eigenvalue weighted by molar-refractivity contribution is -0.0518. The number of rotatable bonds is 10. The summed E-state index contributed by atoms with van der Waals surface area (Å²) in [4.78, 5) is 20.8. The Morgan fingerprint density at radius 1 is 1.15 bits per heavy atom. The summed E-state index contributed by atoms with van der Waals surface area (Å²) in [6.45, 7) is 6.71. The van der Waals surface area contributed by atoms with Crippen LogP contribution in [0.3, 0.4) is 0 Å². The number of H-pyrrole nitrogens is 1. The molecule has 0 aliphatic carbocycles. The first kappa shape index (κ1) is 33.0. The highest BCUT2D eigenvalue weighted by atomic mass is 35.5. The van der Waals surface area contributed by atoms with Crippen molar-refractivity contribution in [2.24, 2.45) is 0 Å². The smallest absolute Gasteiger partial charge is 0.387 e. The molecule has 3 aromatic heterocycles. The molecule has 218 valence electrons. The number of aryl methyl sites for hydroxylation is 1. The quantitative estimate of drug-likeness (QED) is 0.192. The molecule has 0 amide bonds. The van der Waals surface area contributed by atoms with Crippen LogP contribution >= 0.6 is 11.6 Å². The van der Waals surface area contributed by atoms with Gasteiger partial charge in [0.15, 0.2) is 16.7 Å². The van der Waals surface area contributed by atoms with Gasteiger partial charge in [-0.1, -0.05) is 58.7 Å². The van der Waals surface area contributed by atoms with Crippen molar-refractivity contribution in [3.05, 3.63) is 53.3 Å². The van der Waals surface area contributed by atoms with E-state index in [1.807, 2.05) is 34.6 Å². The van der Waals surface area contributed by atoms with Gasteiger partial charge in [-0.25, -0.2) is 14.2 Å². The van der Waals surface area contributed by atoms with Crippen molar-refractivity contribution >= 4 is 39.4 Å². The molecule has 0 spiro atoms. The van der Waals surface area contributed by atoms with Gasteiger partial charge in [0.25, 0.3) is 0 Å². The maximum Gasteiger partial charge on any atom is 0.387 e. The molecule has 0 saturated carbocycles. The van der Waals surface area contributed by atoms with Crippen LogP contribution in [0.15, 0.2) is 41.8 Å². The Hall–Kier alpha value is -3.25. The van der Waals surface area contributed by atoms with Crippen molar-refractivity contribution in [2.75, 3.05) is 11.9 Å². The highest BCUT2D eigenvalue weighted by molar-refractivity contribution is 7.86. The molecular weight excluding hydrogens is 565 g/mol. The van der Waals surface area contributed by atoms with Gasteiger partial charge in [-0.3, -0.25) is 19.1 Å². The van der Waals surface area contributed by atoms with E-state index >= 15 is 0 Å². The van der Waals surface area contributed by atoms with Gasteiger partial charge < -0.3 is 9.72 Å². The van der Waals surface area contributed by atoms with E-state index in [4.69, 9.17) is 16.3 Å². The lowest BCUT2D eigenvalue weighted by Gasteiger charge is -2.18. The lowest BCUT2D eigenvalue weighted by atomic mass is 10.0. The predicted molar refractivity (Wildman–Crippen MR) is 154 cm³/mol. The molecule has 4 rings (SSSR count). The van der Waals surface area contributed by atoms with Gasteiger partial charge in [0.05, 0.1) is 45.9 Å². The minimum atomic E-state index is -3.00. The number of benzene rings is 1. The molecule has 0 bridgehead atoms. The van der Waals surface area contributed by atoms with E-state index in [0.29, 0.717) is 69.9 Å². The largest absolute Gasteiger partial charge is 0.431 e. The Labute approximate surface area is 239 Å². The van der Waals surface area contributed by atoms with Crippen molar-refractivity contribution in [2.45, 2.75) is 71.3 Å². The predicted octanol–water partition coefficient (Wildman–Crippen LogP) is 7.88. The first-order valence-electron chi connectivity index (χ1n) is 12.8. The summed E-state index contributed by atoms with van der Waals surface area (Å²) in [5.41, 5.74) is 2.56. The first-order valence-corrected chi connectivity index (χ1v) is 14.3. The summed E-state index contributed by atoms with van der Waals surface area (Å²) in [5.74, 6) is -0.102.